The van der Waals surface area contributed by atoms with Crippen molar-refractivity contribution < 1.29 is 52.7 Å². The van der Waals surface area contributed by atoms with Crippen molar-refractivity contribution in [2.75, 3.05) is 7.11 Å². The number of rotatable bonds is 7. The second-order valence-electron chi connectivity index (χ2n) is 21.0. The Hall–Kier alpha value is -5.99. The van der Waals surface area contributed by atoms with Gasteiger partial charge in [-0.25, -0.2) is 16.8 Å². The van der Waals surface area contributed by atoms with Gasteiger partial charge in [-0.05, 0) is 185 Å². The average Bonchev–Trinajstić information content (AvgIpc) is 3.92. The summed E-state index contributed by atoms with van der Waals surface area (Å²) in [6, 6.07) is 10.3. The molecule has 9 unspecified atom stereocenters. The van der Waals surface area contributed by atoms with Crippen LogP contribution in [0.2, 0.25) is 0 Å². The largest absolute Gasteiger partial charge is 0.501 e. The van der Waals surface area contributed by atoms with Gasteiger partial charge in [-0.3, -0.25) is 4.79 Å². The lowest BCUT2D eigenvalue weighted by atomic mass is 9.63. The Morgan fingerprint density at radius 2 is 1.35 bits per heavy atom. The van der Waals surface area contributed by atoms with Gasteiger partial charge in [-0.15, -0.1) is 0 Å². The number of ether oxygens (including phenoxy) is 1. The first-order valence-corrected chi connectivity index (χ1v) is 26.0. The molecular weight excluding hydrogens is 923 g/mol. The van der Waals surface area contributed by atoms with Crippen LogP contribution in [0.15, 0.2) is 104 Å². The highest BCUT2D eigenvalue weighted by molar-refractivity contribution is 7.93. The van der Waals surface area contributed by atoms with Crippen LogP contribution in [-0.4, -0.2) is 40.9 Å². The molecule has 1 saturated carbocycles. The molecule has 0 heterocycles. The van der Waals surface area contributed by atoms with Gasteiger partial charge in [-0.2, -0.15) is 26.3 Å². The number of carbonyl (C=O) groups excluding carboxylic acids is 1. The molecule has 14 heteroatoms. The molecule has 0 radical (unpaired) electrons. The molecule has 7 aromatic carbocycles. The highest BCUT2D eigenvalue weighted by Crippen LogP contribution is 2.81. The smallest absolute Gasteiger partial charge is 0.469 e. The molecule has 0 N–H and O–H groups in total. The molecule has 18 rings (SSSR count). The van der Waals surface area contributed by atoms with Gasteiger partial charge in [0.05, 0.1) is 16.9 Å². The number of methoxy groups -OCH3 is 1. The highest BCUT2D eigenvalue weighted by Gasteiger charge is 2.70. The van der Waals surface area contributed by atoms with Crippen LogP contribution in [0, 0.1) is 29.6 Å². The van der Waals surface area contributed by atoms with E-state index in [9.17, 15) is 48.0 Å². The van der Waals surface area contributed by atoms with E-state index in [-0.39, 0.29) is 78.2 Å². The normalized spacial score (nSPS) is 30.8. The maximum atomic E-state index is 14.6. The molecule has 0 saturated heterocycles. The van der Waals surface area contributed by atoms with Crippen molar-refractivity contribution in [3.8, 4) is 0 Å². The van der Waals surface area contributed by atoms with Gasteiger partial charge < -0.3 is 4.74 Å². The summed E-state index contributed by atoms with van der Waals surface area (Å²) >= 11 is 0. The number of alkyl halides is 6. The van der Waals surface area contributed by atoms with Gasteiger partial charge in [0.1, 0.15) is 0 Å². The Bertz CT molecular complexity index is 4410. The summed E-state index contributed by atoms with van der Waals surface area (Å²) in [6.45, 7) is 0. The zero-order valence-electron chi connectivity index (χ0n) is 35.1. The molecule has 0 spiro atoms. The molecule has 11 aliphatic carbocycles. The monoisotopic (exact) mass is 950 g/mol. The summed E-state index contributed by atoms with van der Waals surface area (Å²) < 4.78 is 146. The molecular formula is C54H28F6O6S2. The van der Waals surface area contributed by atoms with Gasteiger partial charge in [0.2, 0.25) is 0 Å². The Morgan fingerprint density at radius 3 is 2.07 bits per heavy atom. The third-order valence-corrected chi connectivity index (χ3v) is 22.1. The first kappa shape index (κ1) is 37.0. The highest BCUT2D eigenvalue weighted by atomic mass is 32.2. The van der Waals surface area contributed by atoms with Gasteiger partial charge in [0, 0.05) is 41.4 Å². The van der Waals surface area contributed by atoms with E-state index in [1.54, 1.807) is 0 Å². The second-order valence-corrected chi connectivity index (χ2v) is 24.9. The van der Waals surface area contributed by atoms with Crippen LogP contribution in [0.3, 0.4) is 0 Å². The van der Waals surface area contributed by atoms with Crippen molar-refractivity contribution in [2.45, 2.75) is 63.2 Å². The number of hydrogen-bond acceptors (Lipinski definition) is 6. The molecule has 0 aromatic heterocycles. The Kier molecular flexibility index (Phi) is 5.53. The van der Waals surface area contributed by atoms with Crippen molar-refractivity contribution in [3.63, 3.8) is 0 Å². The van der Waals surface area contributed by atoms with Crippen molar-refractivity contribution in [1.82, 2.24) is 0 Å². The van der Waals surface area contributed by atoms with Crippen LogP contribution in [0.25, 0.3) is 70.6 Å². The topological polar surface area (TPSA) is 94.6 Å². The molecule has 0 aliphatic heterocycles. The third kappa shape index (κ3) is 3.26. The predicted octanol–water partition coefficient (Wildman–Crippen LogP) is 9.88. The van der Waals surface area contributed by atoms with Crippen molar-refractivity contribution in [2.24, 2.45) is 29.6 Å². The number of halogens is 6. The van der Waals surface area contributed by atoms with E-state index in [4.69, 9.17) is 4.74 Å². The lowest BCUT2D eigenvalue weighted by Gasteiger charge is -2.39. The SMILES string of the molecule is COC(=O)CCCC1(c2cc(S(=O)(=O)C(F)(F)F)cc(S(=O)(=O)C(F)(F)F)c2)C2=C1C1=c3ccc4c5ccc6c7c8c9c%10c%11c%12c(c3c4c(c%129)c75)C1C1C2=C2C=CC3C(C2=C%111)C=%10C1C3C=CC6C81. The Morgan fingerprint density at radius 1 is 0.662 bits per heavy atom. The minimum Gasteiger partial charge on any atom is -0.469 e. The molecule has 11 aliphatic rings. The molecule has 6 nitrogen and oxygen atoms in total. The summed E-state index contributed by atoms with van der Waals surface area (Å²) in [5.74, 6) is 0.0573. The van der Waals surface area contributed by atoms with E-state index in [1.807, 2.05) is 0 Å². The average molecular weight is 951 g/mol. The van der Waals surface area contributed by atoms with Crippen LogP contribution >= 0.6 is 0 Å². The third-order valence-electron chi connectivity index (χ3n) is 19.2. The standard InChI is InChI=1S/C54H28F6O6S2/c1-66-27(61)3-2-12-52(16-13-17(67(62,63)53(55,56)57)15-18(14-16)68(64,65)54(58,59)60)50-36-25-10-8-23-21-6-4-19-20-5-7-22-24-9-11-26-35-33(24)40-31(22)29(20)38-28(19)30(21)39-32(23)34(25)41-43(36)44(37(26)51(50)52)42(35)49-47(40)45(38)46(39)48(41)49/h4-11,13-15,19,21,23,28,30,32,43-44H,2-3,12H2,1H3. The first-order valence-electron chi connectivity index (χ1n) is 23.0. The van der Waals surface area contributed by atoms with Crippen LogP contribution in [-0.2, 0) is 34.6 Å². The summed E-state index contributed by atoms with van der Waals surface area (Å²) in [5.41, 5.74) is -0.417. The zero-order valence-corrected chi connectivity index (χ0v) is 36.8. The fourth-order valence-electron chi connectivity index (χ4n) is 17.5. The van der Waals surface area contributed by atoms with E-state index in [0.717, 1.165) is 50.2 Å². The fraction of sp³-hybridized carbons (Fsp3) is 0.278. The summed E-state index contributed by atoms with van der Waals surface area (Å²) in [5, 5.41) is 14.7. The van der Waals surface area contributed by atoms with E-state index in [2.05, 4.69) is 48.6 Å². The predicted molar refractivity (Wildman–Crippen MR) is 239 cm³/mol. The Balaban J connectivity index is 1.03. The molecule has 1 fully saturated rings. The van der Waals surface area contributed by atoms with E-state index >= 15 is 0 Å². The van der Waals surface area contributed by atoms with Crippen molar-refractivity contribution in [1.29, 1.82) is 0 Å². The summed E-state index contributed by atoms with van der Waals surface area (Å²) in [4.78, 5) is 9.64. The maximum absolute atomic E-state index is 14.6. The van der Waals surface area contributed by atoms with E-state index < -0.39 is 51.9 Å². The fourth-order valence-corrected chi connectivity index (χ4v) is 19.2. The first-order chi connectivity index (χ1) is 32.4. The minimum atomic E-state index is -6.39. The van der Waals surface area contributed by atoms with Gasteiger partial charge >= 0.3 is 17.0 Å². The maximum Gasteiger partial charge on any atom is 0.501 e. The zero-order chi connectivity index (χ0) is 45.9. The molecule has 0 amide bonds. The number of esters is 1. The lowest BCUT2D eigenvalue weighted by molar-refractivity contribution is -0.140. The minimum absolute atomic E-state index is 0.0220. The molecule has 9 atom stereocenters. The molecule has 334 valence electrons. The number of sulfone groups is 2. The van der Waals surface area contributed by atoms with E-state index in [1.165, 1.54) is 89.0 Å². The lowest BCUT2D eigenvalue weighted by Crippen LogP contribution is -2.34. The Labute approximate surface area is 380 Å². The number of allylic oxidation sites excluding steroid dienone is 10. The number of benzene rings is 5. The second kappa shape index (κ2) is 10.2. The number of fused-ring (bicyclic) bond motifs is 5. The quantitative estimate of drug-likeness (QED) is 0.0684. The van der Waals surface area contributed by atoms with Crippen LogP contribution in [0.4, 0.5) is 26.3 Å². The summed E-state index contributed by atoms with van der Waals surface area (Å²) in [6.07, 6.45) is 9.28. The van der Waals surface area contributed by atoms with Crippen LogP contribution in [0.1, 0.15) is 64.8 Å². The van der Waals surface area contributed by atoms with Gasteiger partial charge in [0.25, 0.3) is 19.7 Å². The molecule has 7 aromatic rings. The number of carbonyl (C=O) groups is 1. The van der Waals surface area contributed by atoms with Crippen molar-refractivity contribution >= 4 is 96.2 Å². The molecule has 68 heavy (non-hydrogen) atoms. The van der Waals surface area contributed by atoms with Crippen LogP contribution in [0.5, 0.6) is 0 Å². The van der Waals surface area contributed by atoms with E-state index in [0.29, 0.717) is 11.1 Å². The van der Waals surface area contributed by atoms with Gasteiger partial charge in [-0.1, -0.05) is 48.6 Å². The van der Waals surface area contributed by atoms with Crippen molar-refractivity contribution in [3.05, 3.63) is 133 Å². The van der Waals surface area contributed by atoms with Crippen LogP contribution < -0.4 is 10.4 Å². The number of hydrogen-bond donors (Lipinski definition) is 0. The summed E-state index contributed by atoms with van der Waals surface area (Å²) in [7, 11) is -11.6. The van der Waals surface area contributed by atoms with Gasteiger partial charge in [0.15, 0.2) is 0 Å². The molecule has 0 bridgehead atoms.